The highest BCUT2D eigenvalue weighted by molar-refractivity contribution is 7.12. The Morgan fingerprint density at radius 3 is 2.19 bits per heavy atom. The lowest BCUT2D eigenvalue weighted by molar-refractivity contribution is -0.658. The highest BCUT2D eigenvalue weighted by atomic mass is 32.1. The lowest BCUT2D eigenvalue weighted by atomic mass is 9.88. The van der Waals surface area contributed by atoms with Gasteiger partial charge in [0.25, 0.3) is 11.4 Å². The lowest BCUT2D eigenvalue weighted by Gasteiger charge is -2.35. The summed E-state index contributed by atoms with van der Waals surface area (Å²) in [5.74, 6) is -1.52. The van der Waals surface area contributed by atoms with Gasteiger partial charge in [-0.2, -0.15) is 26.3 Å². The minimum Gasteiger partial charge on any atom is -0.273 e. The first-order chi connectivity index (χ1) is 15.0. The first-order valence-corrected chi connectivity index (χ1v) is 9.84. The highest BCUT2D eigenvalue weighted by Crippen LogP contribution is 2.48. The van der Waals surface area contributed by atoms with Gasteiger partial charge in [0.1, 0.15) is 10.4 Å². The number of H-pyrrole nitrogens is 1. The fourth-order valence-electron chi connectivity index (χ4n) is 3.50. The first kappa shape index (κ1) is 21.9. The summed E-state index contributed by atoms with van der Waals surface area (Å²) in [5, 5.41) is 3.89. The third-order valence-electron chi connectivity index (χ3n) is 4.93. The molecule has 0 saturated carbocycles. The summed E-state index contributed by atoms with van der Waals surface area (Å²) in [7, 11) is 0. The first-order valence-electron chi connectivity index (χ1n) is 8.96. The van der Waals surface area contributed by atoms with Gasteiger partial charge in [-0.3, -0.25) is 14.3 Å². The van der Waals surface area contributed by atoms with Crippen molar-refractivity contribution in [1.82, 2.24) is 9.55 Å². The fourth-order valence-corrected chi connectivity index (χ4v) is 4.18. The zero-order valence-electron chi connectivity index (χ0n) is 15.8. The topological polar surface area (TPSA) is 80.9 Å². The quantitative estimate of drug-likeness (QED) is 0.507. The Hall–Kier alpha value is -3.35. The number of hydrogen-bond donors (Lipinski definition) is 3. The van der Waals surface area contributed by atoms with Crippen molar-refractivity contribution in [2.24, 2.45) is 0 Å². The number of aromatic nitrogens is 2. The third kappa shape index (κ3) is 3.32. The van der Waals surface area contributed by atoms with Crippen LogP contribution >= 0.6 is 11.3 Å². The molecule has 32 heavy (non-hydrogen) atoms. The van der Waals surface area contributed by atoms with Crippen molar-refractivity contribution >= 4 is 23.0 Å². The van der Waals surface area contributed by atoms with Gasteiger partial charge >= 0.3 is 23.6 Å². The van der Waals surface area contributed by atoms with E-state index >= 15 is 0 Å². The second-order valence-corrected chi connectivity index (χ2v) is 7.85. The molecule has 3 heterocycles. The third-order valence-corrected chi connectivity index (χ3v) is 5.82. The summed E-state index contributed by atoms with van der Waals surface area (Å²) in [6.45, 7) is -0.380. The number of aromatic amines is 1. The van der Waals surface area contributed by atoms with Crippen molar-refractivity contribution < 1.29 is 31.3 Å². The molecule has 1 aliphatic rings. The number of rotatable bonds is 3. The molecule has 168 valence electrons. The molecule has 0 bridgehead atoms. The number of anilines is 1. The molecule has 0 amide bonds. The average Bonchev–Trinajstić information content (AvgIpc) is 3.24. The highest BCUT2D eigenvalue weighted by Gasteiger charge is 2.78. The molecular weight excluding hydrogens is 462 g/mol. The maximum Gasteiger partial charge on any atom is 0.446 e. The molecule has 1 aromatic carbocycles. The van der Waals surface area contributed by atoms with Crippen LogP contribution in [-0.2, 0) is 12.1 Å². The molecule has 1 aliphatic heterocycles. The van der Waals surface area contributed by atoms with Gasteiger partial charge < -0.3 is 0 Å². The molecule has 0 fully saturated rings. The van der Waals surface area contributed by atoms with E-state index in [0.29, 0.717) is 10.1 Å². The Bertz CT molecular complexity index is 1280. The van der Waals surface area contributed by atoms with Crippen molar-refractivity contribution in [2.45, 2.75) is 24.4 Å². The van der Waals surface area contributed by atoms with E-state index < -0.39 is 46.4 Å². The fraction of sp³-hybridized carbons (Fsp3) is 0.211. The van der Waals surface area contributed by atoms with Crippen LogP contribution in [0.2, 0.25) is 0 Å². The second kappa shape index (κ2) is 7.36. The van der Waals surface area contributed by atoms with Crippen LogP contribution < -0.4 is 21.6 Å². The number of nitrogens with zero attached hydrogens (tertiary/aromatic N) is 1. The zero-order chi connectivity index (χ0) is 23.3. The largest absolute Gasteiger partial charge is 0.446 e. The smallest absolute Gasteiger partial charge is 0.273 e. The van der Waals surface area contributed by atoms with Gasteiger partial charge in [0.2, 0.25) is 5.82 Å². The number of nitrogens with one attached hydrogen (secondary N) is 3. The van der Waals surface area contributed by atoms with Crippen LogP contribution in [0.5, 0.6) is 0 Å². The summed E-state index contributed by atoms with van der Waals surface area (Å²) < 4.78 is 85.6. The van der Waals surface area contributed by atoms with Gasteiger partial charge in [-0.05, 0) is 17.0 Å². The number of fused-ring (bicyclic) bond motifs is 1. The normalized spacial score (nSPS) is 15.6. The number of halogens is 6. The number of hydrogen-bond acceptors (Lipinski definition) is 4. The Kier molecular flexibility index (Phi) is 5.03. The van der Waals surface area contributed by atoms with Crippen LogP contribution in [0.15, 0.2) is 57.4 Å². The standard InChI is InChI=1S/C19H12F6N4O2S/c20-18(21,22)17(19(23,24)25)12-14(26-13(28-17)11-7-4-8-32-11)29(16(31)27-15(12)30)9-10-5-2-1-3-6-10/h1-8H,9H2,(H,26,28)(H,27,30,31)/p+1. The Morgan fingerprint density at radius 2 is 1.62 bits per heavy atom. The Labute approximate surface area is 178 Å². The van der Waals surface area contributed by atoms with Crippen molar-refractivity contribution in [1.29, 1.82) is 0 Å². The van der Waals surface area contributed by atoms with E-state index in [-0.39, 0.29) is 11.4 Å². The maximum atomic E-state index is 14.2. The van der Waals surface area contributed by atoms with E-state index in [1.54, 1.807) is 23.2 Å². The van der Waals surface area contributed by atoms with E-state index in [9.17, 15) is 35.9 Å². The lowest BCUT2D eigenvalue weighted by Crippen LogP contribution is -2.97. The number of alkyl halides is 6. The molecule has 0 saturated heterocycles. The summed E-state index contributed by atoms with van der Waals surface area (Å²) in [4.78, 5) is 28.0. The van der Waals surface area contributed by atoms with Crippen LogP contribution in [0, 0.1) is 0 Å². The van der Waals surface area contributed by atoms with E-state index in [2.05, 4.69) is 5.32 Å². The van der Waals surface area contributed by atoms with Crippen LogP contribution in [-0.4, -0.2) is 27.7 Å². The maximum absolute atomic E-state index is 14.2. The van der Waals surface area contributed by atoms with Crippen molar-refractivity contribution in [3.8, 4) is 0 Å². The van der Waals surface area contributed by atoms with Gasteiger partial charge in [0.05, 0.1) is 6.54 Å². The van der Waals surface area contributed by atoms with E-state index in [4.69, 9.17) is 0 Å². The van der Waals surface area contributed by atoms with Crippen molar-refractivity contribution in [3.05, 3.63) is 84.7 Å². The molecule has 6 nitrogen and oxygen atoms in total. The predicted molar refractivity (Wildman–Crippen MR) is 104 cm³/mol. The van der Waals surface area contributed by atoms with Crippen molar-refractivity contribution in [2.75, 3.05) is 5.32 Å². The molecule has 4 rings (SSSR count). The van der Waals surface area contributed by atoms with E-state index in [0.717, 1.165) is 11.3 Å². The Balaban J connectivity index is 2.09. The summed E-state index contributed by atoms with van der Waals surface area (Å²) in [5.41, 5.74) is -8.97. The number of amidine groups is 1. The van der Waals surface area contributed by atoms with Crippen LogP contribution in [0.4, 0.5) is 32.2 Å². The summed E-state index contributed by atoms with van der Waals surface area (Å²) in [6.07, 6.45) is -12.0. The van der Waals surface area contributed by atoms with Gasteiger partial charge in [-0.25, -0.2) is 15.1 Å². The molecule has 2 aromatic heterocycles. The van der Waals surface area contributed by atoms with Gasteiger partial charge in [-0.1, -0.05) is 36.4 Å². The molecule has 3 N–H and O–H groups in total. The monoisotopic (exact) mass is 475 g/mol. The molecule has 0 spiro atoms. The summed E-state index contributed by atoms with van der Waals surface area (Å²) in [6, 6.07) is 10.6. The molecule has 13 heteroatoms. The van der Waals surface area contributed by atoms with Crippen molar-refractivity contribution in [3.63, 3.8) is 0 Å². The van der Waals surface area contributed by atoms with Crippen LogP contribution in [0.25, 0.3) is 0 Å². The Morgan fingerprint density at radius 1 is 0.969 bits per heavy atom. The molecular formula is C19H13F6N4O2S+. The average molecular weight is 475 g/mol. The SMILES string of the molecule is O=c1[nH]c(=O)n(Cc2ccccc2)c2c1C(C(F)(F)F)(C(F)(F)F)[NH+]=C(c1cccs1)N2. The predicted octanol–water partition coefficient (Wildman–Crippen LogP) is 1.92. The second-order valence-electron chi connectivity index (χ2n) is 6.90. The molecule has 0 radical (unpaired) electrons. The number of benzene rings is 1. The molecule has 0 aliphatic carbocycles. The van der Waals surface area contributed by atoms with Gasteiger partial charge in [0.15, 0.2) is 0 Å². The molecule has 0 unspecified atom stereocenters. The number of thiophene rings is 1. The molecule has 3 aromatic rings. The molecule has 0 atom stereocenters. The van der Waals surface area contributed by atoms with E-state index in [1.165, 1.54) is 34.6 Å². The minimum absolute atomic E-state index is 0.0208. The van der Waals surface area contributed by atoms with Gasteiger partial charge in [0, 0.05) is 0 Å². The van der Waals surface area contributed by atoms with Crippen LogP contribution in [0.3, 0.4) is 0 Å². The zero-order valence-corrected chi connectivity index (χ0v) is 16.6. The minimum atomic E-state index is -5.98. The van der Waals surface area contributed by atoms with Gasteiger partial charge in [-0.15, -0.1) is 11.3 Å². The van der Waals surface area contributed by atoms with E-state index in [1.807, 2.05) is 0 Å². The van der Waals surface area contributed by atoms with Crippen LogP contribution in [0.1, 0.15) is 16.0 Å². The summed E-state index contributed by atoms with van der Waals surface area (Å²) >= 11 is 0.874.